The van der Waals surface area contributed by atoms with E-state index in [-0.39, 0.29) is 79.4 Å². The van der Waals surface area contributed by atoms with Crippen LogP contribution in [0, 0.1) is 30.5 Å². The van der Waals surface area contributed by atoms with Gasteiger partial charge in [-0.25, -0.2) is 32.6 Å². The zero-order valence-electron chi connectivity index (χ0n) is 47.5. The molecule has 0 fully saturated rings. The van der Waals surface area contributed by atoms with Crippen LogP contribution in [0.1, 0.15) is 127 Å². The van der Waals surface area contributed by atoms with Crippen molar-refractivity contribution >= 4 is 50.3 Å². The van der Waals surface area contributed by atoms with Gasteiger partial charge in [0.15, 0.2) is 5.60 Å². The largest absolute Gasteiger partial charge is 0.458 e. The van der Waals surface area contributed by atoms with Crippen molar-refractivity contribution in [3.05, 3.63) is 80.8 Å². The molecule has 2 aliphatic rings. The number of rotatable bonds is 28. The average molecular weight is 1150 g/mol. The number of pyridine rings is 2. The number of hydrogen-bond donors (Lipinski definition) is 5. The first kappa shape index (κ1) is 62.1. The Morgan fingerprint density at radius 2 is 1.68 bits per heavy atom. The number of sulfone groups is 1. The van der Waals surface area contributed by atoms with Crippen molar-refractivity contribution in [1.29, 1.82) is 0 Å². The van der Waals surface area contributed by atoms with Crippen molar-refractivity contribution in [2.45, 2.75) is 148 Å². The lowest BCUT2D eigenvalue weighted by Gasteiger charge is -2.31. The molecular weight excluding hydrogens is 1080 g/mol. The second kappa shape index (κ2) is 28.0. The lowest BCUT2D eigenvalue weighted by Crippen LogP contribution is -2.56. The number of aliphatic hydroxyl groups is 1. The Morgan fingerprint density at radius 3 is 2.38 bits per heavy atom. The predicted octanol–water partition coefficient (Wildman–Crippen LogP) is 3.72. The third-order valence-electron chi connectivity index (χ3n) is 14.4. The maximum absolute atomic E-state index is 15.0. The third-order valence-corrected chi connectivity index (χ3v) is 15.3. The number of carbonyl (C=O) groups is 5. The zero-order valence-corrected chi connectivity index (χ0v) is 48.3. The Bertz CT molecular complexity index is 3410. The first-order valence-electron chi connectivity index (χ1n) is 27.8. The summed E-state index contributed by atoms with van der Waals surface area (Å²) in [6.07, 6.45) is 11.1. The summed E-state index contributed by atoms with van der Waals surface area (Å²) in [6, 6.07) is 2.53. The molecule has 0 saturated carbocycles. The van der Waals surface area contributed by atoms with Gasteiger partial charge >= 0.3 is 5.97 Å². The van der Waals surface area contributed by atoms with Gasteiger partial charge in [0.25, 0.3) is 5.56 Å². The lowest BCUT2D eigenvalue weighted by atomic mass is 9.86. The molecule has 82 heavy (non-hydrogen) atoms. The van der Waals surface area contributed by atoms with Gasteiger partial charge in [-0.15, -0.1) is 5.10 Å². The summed E-state index contributed by atoms with van der Waals surface area (Å²) in [7, 11) is -3.54. The third kappa shape index (κ3) is 15.1. The van der Waals surface area contributed by atoms with Crippen LogP contribution in [0.5, 0.6) is 0 Å². The minimum absolute atomic E-state index is 0.0335. The minimum Gasteiger partial charge on any atom is -0.458 e. The van der Waals surface area contributed by atoms with Gasteiger partial charge < -0.3 is 45.3 Å². The number of carbonyl (C=O) groups excluding carboxylic acids is 5. The normalized spacial score (nSPS) is 15.2. The van der Waals surface area contributed by atoms with E-state index in [9.17, 15) is 46.7 Å². The number of nitrogens with zero attached hydrogens (tertiary/aromatic N) is 8. The standard InChI is InChI=1S/C57H73FN12O11S/c1-8-20-68(21-9-2)22-15-13-18-44(64-53(74)50(35(4)5)65-48(71)19-12-11-14-23-69-32-46(66-67-69)37-28-60-56(61-29-37)82(7,78)79)52(73)59-30-49(72)62-34-80-24-16-17-38-39-25-36(6)43(58)27-45(39)63-51-40(38)31-70-47(51)26-42-41(54(70)75)33-81-55(76)57(42,77)10-3/h25-29,32,35,44,50,77H,8-15,18-24,30-31,33-34H2,1-7H3,(H,59,73)(H,62,72)(H,64,74)(H,65,71)/t44-,50-,57-/m0/s1. The summed E-state index contributed by atoms with van der Waals surface area (Å²) in [5.41, 5.74) is 1.17. The molecule has 7 rings (SSSR count). The SMILES string of the molecule is CCCN(CCC)CCCC[C@H](NC(=O)[C@@H](NC(=O)CCCCCn1cc(-c2cnc(S(C)(=O)=O)nc2)nn1)C(C)C)C(=O)NCC(=O)NCOCC#Cc1c2c(nc3cc(F)c(C)cc13)-c1cc3c(c(=O)n1C2)COC(=O)[C@]3(O)CC. The Kier molecular flexibility index (Phi) is 21.2. The number of amides is 4. The van der Waals surface area contributed by atoms with Gasteiger partial charge in [-0.05, 0) is 102 Å². The fraction of sp³-hybridized carbons (Fsp3) is 0.526. The van der Waals surface area contributed by atoms with E-state index >= 15 is 0 Å². The van der Waals surface area contributed by atoms with Gasteiger partial charge in [0.1, 0.15) is 43.5 Å². The summed E-state index contributed by atoms with van der Waals surface area (Å²) in [5, 5.41) is 30.8. The van der Waals surface area contributed by atoms with Crippen LogP contribution in [0.25, 0.3) is 33.5 Å². The van der Waals surface area contributed by atoms with E-state index in [1.54, 1.807) is 50.7 Å². The summed E-state index contributed by atoms with van der Waals surface area (Å²) in [5.74, 6) is 2.40. The molecule has 0 unspecified atom stereocenters. The number of esters is 1. The average Bonchev–Trinajstić information content (AvgIpc) is 2.12. The van der Waals surface area contributed by atoms with E-state index in [1.165, 1.54) is 23.0 Å². The quantitative estimate of drug-likeness (QED) is 0.0154. The zero-order chi connectivity index (χ0) is 59.3. The molecule has 23 nitrogen and oxygen atoms in total. The molecule has 6 heterocycles. The van der Waals surface area contributed by atoms with Crippen LogP contribution in [-0.4, -0.2) is 140 Å². The number of aromatic nitrogens is 7. The maximum Gasteiger partial charge on any atom is 0.343 e. The van der Waals surface area contributed by atoms with Crippen LogP contribution in [0.3, 0.4) is 0 Å². The smallest absolute Gasteiger partial charge is 0.343 e. The van der Waals surface area contributed by atoms with Crippen molar-refractivity contribution < 1.29 is 51.4 Å². The summed E-state index contributed by atoms with van der Waals surface area (Å²) >= 11 is 0. The summed E-state index contributed by atoms with van der Waals surface area (Å²) in [6.45, 7) is 13.2. The molecule has 0 saturated heterocycles. The maximum atomic E-state index is 15.0. The Hall–Kier alpha value is -7.53. The summed E-state index contributed by atoms with van der Waals surface area (Å²) < 4.78 is 52.3. The predicted molar refractivity (Wildman–Crippen MR) is 300 cm³/mol. The second-order valence-corrected chi connectivity index (χ2v) is 22.9. The molecule has 5 N–H and O–H groups in total. The number of cyclic esters (lactones) is 1. The molecule has 4 amide bonds. The van der Waals surface area contributed by atoms with Crippen LogP contribution >= 0.6 is 0 Å². The molecule has 3 atom stereocenters. The molecule has 0 bridgehead atoms. The van der Waals surface area contributed by atoms with Crippen molar-refractivity contribution in [1.82, 2.24) is 60.7 Å². The second-order valence-electron chi connectivity index (χ2n) is 21.0. The number of unbranched alkanes of at least 4 members (excludes halogenated alkanes) is 3. The van der Waals surface area contributed by atoms with Crippen molar-refractivity contribution in [3.63, 3.8) is 0 Å². The number of ether oxygens (including phenoxy) is 2. The topological polar surface area (TPSA) is 301 Å². The molecule has 25 heteroatoms. The highest BCUT2D eigenvalue weighted by atomic mass is 32.2. The molecule has 4 aromatic heterocycles. The van der Waals surface area contributed by atoms with Crippen LogP contribution in [-0.2, 0) is 68.6 Å². The van der Waals surface area contributed by atoms with E-state index in [4.69, 9.17) is 14.5 Å². The van der Waals surface area contributed by atoms with Gasteiger partial charge in [-0.1, -0.05) is 58.1 Å². The molecule has 0 spiro atoms. The minimum atomic E-state index is -3.54. The first-order valence-corrected chi connectivity index (χ1v) is 29.7. The molecule has 0 radical (unpaired) electrons. The van der Waals surface area contributed by atoms with Crippen LogP contribution in [0.15, 0.2) is 46.7 Å². The van der Waals surface area contributed by atoms with Crippen LogP contribution in [0.4, 0.5) is 4.39 Å². The highest BCUT2D eigenvalue weighted by Gasteiger charge is 2.45. The summed E-state index contributed by atoms with van der Waals surface area (Å²) in [4.78, 5) is 95.4. The monoisotopic (exact) mass is 1150 g/mol. The number of hydrogen-bond acceptors (Lipinski definition) is 17. The Labute approximate surface area is 475 Å². The number of nitrogens with one attached hydrogen (secondary N) is 4. The van der Waals surface area contributed by atoms with Gasteiger partial charge in [0.05, 0.1) is 41.8 Å². The molecule has 440 valence electrons. The highest BCUT2D eigenvalue weighted by molar-refractivity contribution is 7.90. The van der Waals surface area contributed by atoms with Crippen LogP contribution in [0.2, 0.25) is 0 Å². The van der Waals surface area contributed by atoms with Crippen molar-refractivity contribution in [2.24, 2.45) is 5.92 Å². The molecule has 2 aliphatic heterocycles. The number of halogens is 1. The molecule has 5 aromatic rings. The fourth-order valence-corrected chi connectivity index (χ4v) is 10.4. The van der Waals surface area contributed by atoms with Crippen molar-refractivity contribution in [2.75, 3.05) is 45.8 Å². The van der Waals surface area contributed by atoms with Gasteiger partial charge in [0.2, 0.25) is 38.6 Å². The van der Waals surface area contributed by atoms with Crippen LogP contribution < -0.4 is 26.8 Å². The fourth-order valence-electron chi connectivity index (χ4n) is 9.94. The molecule has 1 aromatic carbocycles. The van der Waals surface area contributed by atoms with E-state index in [2.05, 4.69) is 72.1 Å². The Balaban J connectivity index is 0.917. The first-order chi connectivity index (χ1) is 39.2. The van der Waals surface area contributed by atoms with E-state index < -0.39 is 69.1 Å². The Morgan fingerprint density at radius 1 is 0.939 bits per heavy atom. The van der Waals surface area contributed by atoms with Gasteiger partial charge in [-0.3, -0.25) is 28.7 Å². The number of aryl methyl sites for hydroxylation is 2. The van der Waals surface area contributed by atoms with E-state index in [0.29, 0.717) is 76.9 Å². The van der Waals surface area contributed by atoms with Gasteiger partial charge in [0, 0.05) is 65.3 Å². The van der Waals surface area contributed by atoms with Gasteiger partial charge in [-0.2, -0.15) is 0 Å². The number of benzene rings is 1. The van der Waals surface area contributed by atoms with E-state index in [1.807, 2.05) is 0 Å². The lowest BCUT2D eigenvalue weighted by molar-refractivity contribution is -0.172. The van der Waals surface area contributed by atoms with E-state index in [0.717, 1.165) is 45.2 Å². The molecule has 0 aliphatic carbocycles. The molecular formula is C57H73FN12O11S. The number of fused-ring (bicyclic) bond motifs is 5. The highest BCUT2D eigenvalue weighted by Crippen LogP contribution is 2.40. The van der Waals surface area contributed by atoms with Crippen molar-refractivity contribution in [3.8, 4) is 34.5 Å².